The first kappa shape index (κ1) is 24.0. The van der Waals surface area contributed by atoms with Crippen molar-refractivity contribution in [2.45, 2.75) is 39.2 Å². The van der Waals surface area contributed by atoms with Crippen LogP contribution in [0.25, 0.3) is 10.2 Å². The molecule has 3 aromatic rings. The lowest BCUT2D eigenvalue weighted by Gasteiger charge is -2.29. The van der Waals surface area contributed by atoms with Gasteiger partial charge in [-0.1, -0.05) is 43.4 Å². The van der Waals surface area contributed by atoms with Crippen molar-refractivity contribution in [2.75, 3.05) is 24.5 Å². The van der Waals surface area contributed by atoms with E-state index in [1.807, 2.05) is 18.2 Å². The second-order valence-electron chi connectivity index (χ2n) is 9.48. The van der Waals surface area contributed by atoms with Gasteiger partial charge in [0.15, 0.2) is 0 Å². The first-order valence-electron chi connectivity index (χ1n) is 12.5. The molecule has 1 fully saturated rings. The molecule has 184 valence electrons. The van der Waals surface area contributed by atoms with Gasteiger partial charge in [0.05, 0.1) is 23.7 Å². The smallest absolute Gasteiger partial charge is 0.273 e. The first-order chi connectivity index (χ1) is 17.5. The minimum absolute atomic E-state index is 0.177. The van der Waals surface area contributed by atoms with Crippen LogP contribution in [0, 0.1) is 17.2 Å². The van der Waals surface area contributed by atoms with E-state index in [-0.39, 0.29) is 18.0 Å². The number of piperidine rings is 1. The van der Waals surface area contributed by atoms with Crippen LogP contribution in [0.3, 0.4) is 0 Å². The van der Waals surface area contributed by atoms with Crippen molar-refractivity contribution in [1.29, 1.82) is 5.26 Å². The fourth-order valence-corrected chi connectivity index (χ4v) is 5.68. The summed E-state index contributed by atoms with van der Waals surface area (Å²) in [5.74, 6) is 0.863. The molecule has 0 bridgehead atoms. The molecule has 1 aromatic carbocycles. The number of nitrogens with one attached hydrogen (secondary N) is 1. The Morgan fingerprint density at radius 2 is 2.06 bits per heavy atom. The number of carbonyl (C=O) groups excluding carboxylic acids is 1. The molecular weight excluding hydrogens is 470 g/mol. The Morgan fingerprint density at radius 1 is 1.25 bits per heavy atom. The number of hydrogen-bond acceptors (Lipinski definition) is 6. The topological polar surface area (TPSA) is 91.0 Å². The van der Waals surface area contributed by atoms with Gasteiger partial charge in [0.2, 0.25) is 5.95 Å². The Labute approximate surface area is 214 Å². The molecule has 1 N–H and O–H groups in total. The van der Waals surface area contributed by atoms with Crippen molar-refractivity contribution in [3.05, 3.63) is 80.5 Å². The van der Waals surface area contributed by atoms with E-state index in [1.54, 1.807) is 16.0 Å². The summed E-state index contributed by atoms with van der Waals surface area (Å²) in [7, 11) is 0. The van der Waals surface area contributed by atoms with E-state index in [0.717, 1.165) is 49.9 Å². The van der Waals surface area contributed by atoms with Crippen molar-refractivity contribution < 1.29 is 4.79 Å². The van der Waals surface area contributed by atoms with Gasteiger partial charge in [-0.05, 0) is 48.8 Å². The molecule has 1 saturated heterocycles. The summed E-state index contributed by atoms with van der Waals surface area (Å²) >= 11 is 1.25. The predicted octanol–water partition coefficient (Wildman–Crippen LogP) is 4.62. The fraction of sp³-hybridized carbons (Fsp3) is 0.357. The summed E-state index contributed by atoms with van der Waals surface area (Å²) in [6.45, 7) is 4.48. The van der Waals surface area contributed by atoms with Crippen LogP contribution >= 0.6 is 11.3 Å². The minimum Gasteiger partial charge on any atom is -0.348 e. The normalized spacial score (nSPS) is 17.6. The van der Waals surface area contributed by atoms with Crippen molar-refractivity contribution in [3.63, 3.8) is 0 Å². The number of aromatic nitrogens is 2. The van der Waals surface area contributed by atoms with Gasteiger partial charge in [0.25, 0.3) is 11.5 Å². The van der Waals surface area contributed by atoms with Crippen molar-refractivity contribution in [2.24, 2.45) is 5.92 Å². The third-order valence-electron chi connectivity index (χ3n) is 6.85. The van der Waals surface area contributed by atoms with E-state index in [9.17, 15) is 14.9 Å². The number of thiophene rings is 1. The third-order valence-corrected chi connectivity index (χ3v) is 7.81. The van der Waals surface area contributed by atoms with Gasteiger partial charge in [-0.2, -0.15) is 5.26 Å². The van der Waals surface area contributed by atoms with Gasteiger partial charge in [-0.25, -0.2) is 4.98 Å². The van der Waals surface area contributed by atoms with Crippen LogP contribution in [0.5, 0.6) is 0 Å². The number of nitriles is 1. The second-order valence-corrected chi connectivity index (χ2v) is 10.4. The average molecular weight is 500 g/mol. The molecule has 0 radical (unpaired) electrons. The summed E-state index contributed by atoms with van der Waals surface area (Å²) in [5.41, 5.74) is 3.11. The SMILES string of the molecule is CC1C=CC(CNC(=O)c2csc3c(=O)n(Cc4ccccc4C#N)c(N4CCCCC4)nc23)=CC1. The summed E-state index contributed by atoms with van der Waals surface area (Å²) in [6.07, 6.45) is 10.5. The van der Waals surface area contributed by atoms with Crippen LogP contribution in [0.4, 0.5) is 5.95 Å². The lowest BCUT2D eigenvalue weighted by atomic mass is 9.98. The number of hydrogen-bond donors (Lipinski definition) is 1. The molecule has 5 rings (SSSR count). The second kappa shape index (κ2) is 10.5. The summed E-state index contributed by atoms with van der Waals surface area (Å²) in [5, 5.41) is 14.3. The third kappa shape index (κ3) is 4.84. The molecule has 1 aliphatic carbocycles. The zero-order valence-corrected chi connectivity index (χ0v) is 21.2. The van der Waals surface area contributed by atoms with Gasteiger partial charge in [0, 0.05) is 25.0 Å². The Kier molecular flexibility index (Phi) is 7.01. The average Bonchev–Trinajstić information content (AvgIpc) is 3.35. The van der Waals surface area contributed by atoms with Crippen LogP contribution < -0.4 is 15.8 Å². The highest BCUT2D eigenvalue weighted by molar-refractivity contribution is 7.17. The summed E-state index contributed by atoms with van der Waals surface area (Å²) in [6, 6.07) is 9.55. The van der Waals surface area contributed by atoms with Crippen LogP contribution in [-0.4, -0.2) is 35.1 Å². The summed E-state index contributed by atoms with van der Waals surface area (Å²) < 4.78 is 2.13. The van der Waals surface area contributed by atoms with Crippen molar-refractivity contribution in [3.8, 4) is 6.07 Å². The lowest BCUT2D eigenvalue weighted by molar-refractivity contribution is 0.0959. The molecule has 36 heavy (non-hydrogen) atoms. The van der Waals surface area contributed by atoms with Gasteiger partial charge in [-0.3, -0.25) is 14.2 Å². The number of carbonyl (C=O) groups is 1. The zero-order valence-electron chi connectivity index (χ0n) is 20.4. The number of benzene rings is 1. The maximum Gasteiger partial charge on any atom is 0.273 e. The van der Waals surface area contributed by atoms with Crippen molar-refractivity contribution in [1.82, 2.24) is 14.9 Å². The minimum atomic E-state index is -0.224. The number of nitrogens with zero attached hydrogens (tertiary/aromatic N) is 4. The predicted molar refractivity (Wildman–Crippen MR) is 144 cm³/mol. The highest BCUT2D eigenvalue weighted by atomic mass is 32.1. The van der Waals surface area contributed by atoms with Crippen LogP contribution in [-0.2, 0) is 6.54 Å². The Balaban J connectivity index is 1.52. The molecule has 0 spiro atoms. The molecule has 1 amide bonds. The molecule has 8 heteroatoms. The largest absolute Gasteiger partial charge is 0.348 e. The van der Waals surface area contributed by atoms with E-state index < -0.39 is 0 Å². The van der Waals surface area contributed by atoms with E-state index >= 15 is 0 Å². The number of rotatable bonds is 6. The fourth-order valence-electron chi connectivity index (χ4n) is 4.75. The van der Waals surface area contributed by atoms with Crippen LogP contribution in [0.1, 0.15) is 54.1 Å². The molecule has 7 nitrogen and oxygen atoms in total. The maximum absolute atomic E-state index is 13.7. The van der Waals surface area contributed by atoms with E-state index in [2.05, 4.69) is 41.4 Å². The Bertz CT molecular complexity index is 1450. The van der Waals surface area contributed by atoms with Gasteiger partial charge >= 0.3 is 0 Å². The number of anilines is 1. The molecular formula is C28H29N5O2S. The van der Waals surface area contributed by atoms with Crippen molar-refractivity contribution >= 4 is 33.4 Å². The van der Waals surface area contributed by atoms with E-state index in [0.29, 0.717) is 39.8 Å². The molecule has 0 saturated carbocycles. The Hall–Kier alpha value is -3.70. The molecule has 1 atom stereocenters. The zero-order chi connectivity index (χ0) is 25.1. The number of amides is 1. The molecule has 1 unspecified atom stereocenters. The number of allylic oxidation sites excluding steroid dienone is 2. The lowest BCUT2D eigenvalue weighted by Crippen LogP contribution is -2.36. The standard InChI is InChI=1S/C28H29N5O2S/c1-19-9-11-20(12-10-19)16-30-26(34)23-18-36-25-24(23)31-28(32-13-5-2-6-14-32)33(27(25)35)17-22-8-4-3-7-21(22)15-29/h3-4,7-9,11-12,18-19H,2,5-6,10,13-14,16-17H2,1H3,(H,30,34). The highest BCUT2D eigenvalue weighted by Crippen LogP contribution is 2.27. The molecule has 2 aliphatic rings. The van der Waals surface area contributed by atoms with Gasteiger partial charge in [-0.15, -0.1) is 11.3 Å². The van der Waals surface area contributed by atoms with Crippen LogP contribution in [0.15, 0.2) is 58.2 Å². The highest BCUT2D eigenvalue weighted by Gasteiger charge is 2.24. The number of fused-ring (bicyclic) bond motifs is 1. The van der Waals surface area contributed by atoms with Gasteiger partial charge in [0.1, 0.15) is 10.2 Å². The molecule has 3 heterocycles. The quantitative estimate of drug-likeness (QED) is 0.534. The van der Waals surface area contributed by atoms with Gasteiger partial charge < -0.3 is 10.2 Å². The molecule has 1 aliphatic heterocycles. The van der Waals surface area contributed by atoms with E-state index in [1.165, 1.54) is 11.3 Å². The molecule has 2 aromatic heterocycles. The maximum atomic E-state index is 13.7. The summed E-state index contributed by atoms with van der Waals surface area (Å²) in [4.78, 5) is 33.9. The Morgan fingerprint density at radius 3 is 2.81 bits per heavy atom. The van der Waals surface area contributed by atoms with Crippen LogP contribution in [0.2, 0.25) is 0 Å². The first-order valence-corrected chi connectivity index (χ1v) is 13.3. The monoisotopic (exact) mass is 499 g/mol. The van der Waals surface area contributed by atoms with E-state index in [4.69, 9.17) is 4.98 Å².